The molecule has 130 valence electrons. The number of Topliss-reactive ketones (excluding diaryl/α,β-unsaturated/α-hetero) is 1. The van der Waals surface area contributed by atoms with E-state index in [4.69, 9.17) is 0 Å². The Morgan fingerprint density at radius 1 is 1.36 bits per heavy atom. The maximum absolute atomic E-state index is 11.2. The maximum atomic E-state index is 11.2. The predicted molar refractivity (Wildman–Crippen MR) is 99.8 cm³/mol. The molecule has 0 unspecified atom stereocenters. The van der Waals surface area contributed by atoms with Crippen LogP contribution in [0, 0.1) is 0 Å². The topological polar surface area (TPSA) is 61.9 Å². The number of pyridine rings is 1. The maximum Gasteiger partial charge on any atom is 0.136 e. The molecule has 0 aliphatic carbocycles. The normalized spacial score (nSPS) is 16.5. The molecule has 3 aromatic rings. The largest absolute Gasteiger partial charge is 0.357 e. The highest BCUT2D eigenvalue weighted by molar-refractivity contribution is 7.11. The first-order chi connectivity index (χ1) is 12.2. The van der Waals surface area contributed by atoms with Gasteiger partial charge in [0.25, 0.3) is 0 Å². The summed E-state index contributed by atoms with van der Waals surface area (Å²) in [5.74, 6) is 0.759. The number of nitrogens with one attached hydrogen (secondary N) is 1. The molecule has 0 atom stereocenters. The van der Waals surface area contributed by atoms with Crippen molar-refractivity contribution in [3.05, 3.63) is 46.2 Å². The lowest BCUT2D eigenvalue weighted by Crippen LogP contribution is -2.32. The number of hydrogen-bond acceptors (Lipinski definition) is 5. The van der Waals surface area contributed by atoms with E-state index in [1.54, 1.807) is 18.3 Å². The molecule has 4 heterocycles. The van der Waals surface area contributed by atoms with Crippen molar-refractivity contribution in [1.29, 1.82) is 0 Å². The van der Waals surface area contributed by atoms with Gasteiger partial charge in [-0.15, -0.1) is 11.3 Å². The SMILES string of the molecule is CC(=O)Cc1ncc(CN2CCC(c3cc4ncccc4[nH]3)CC2)s1. The van der Waals surface area contributed by atoms with Crippen molar-refractivity contribution in [1.82, 2.24) is 19.9 Å². The van der Waals surface area contributed by atoms with E-state index in [1.807, 2.05) is 18.5 Å². The van der Waals surface area contributed by atoms with Crippen molar-refractivity contribution in [3.63, 3.8) is 0 Å². The zero-order valence-corrected chi connectivity index (χ0v) is 15.2. The Hall–Kier alpha value is -2.05. The van der Waals surface area contributed by atoms with Gasteiger partial charge in [0.05, 0.1) is 17.5 Å². The van der Waals surface area contributed by atoms with Crippen molar-refractivity contribution in [2.45, 2.75) is 38.6 Å². The van der Waals surface area contributed by atoms with E-state index in [1.165, 1.54) is 10.6 Å². The van der Waals surface area contributed by atoms with Crippen LogP contribution >= 0.6 is 11.3 Å². The molecule has 25 heavy (non-hydrogen) atoms. The molecule has 6 heteroatoms. The van der Waals surface area contributed by atoms with Crippen LogP contribution in [0.15, 0.2) is 30.6 Å². The van der Waals surface area contributed by atoms with Gasteiger partial charge in [-0.25, -0.2) is 4.98 Å². The van der Waals surface area contributed by atoms with Gasteiger partial charge in [0.2, 0.25) is 0 Å². The summed E-state index contributed by atoms with van der Waals surface area (Å²) in [5.41, 5.74) is 3.50. The number of aromatic amines is 1. The molecule has 1 N–H and O–H groups in total. The van der Waals surface area contributed by atoms with Crippen LogP contribution < -0.4 is 0 Å². The van der Waals surface area contributed by atoms with Gasteiger partial charge < -0.3 is 4.98 Å². The fourth-order valence-electron chi connectivity index (χ4n) is 3.54. The van der Waals surface area contributed by atoms with Gasteiger partial charge >= 0.3 is 0 Å². The summed E-state index contributed by atoms with van der Waals surface area (Å²) in [4.78, 5) is 27.3. The Labute approximate surface area is 151 Å². The number of carbonyl (C=O) groups is 1. The van der Waals surface area contributed by atoms with E-state index in [0.717, 1.165) is 48.5 Å². The number of carbonyl (C=O) groups excluding carboxylic acids is 1. The lowest BCUT2D eigenvalue weighted by molar-refractivity contribution is -0.116. The third kappa shape index (κ3) is 3.80. The van der Waals surface area contributed by atoms with Crippen LogP contribution in [-0.4, -0.2) is 38.7 Å². The molecule has 1 aliphatic rings. The summed E-state index contributed by atoms with van der Waals surface area (Å²) in [6.07, 6.45) is 6.55. The van der Waals surface area contributed by atoms with E-state index in [2.05, 4.69) is 32.0 Å². The number of rotatable bonds is 5. The van der Waals surface area contributed by atoms with E-state index in [0.29, 0.717) is 12.3 Å². The van der Waals surface area contributed by atoms with Crippen molar-refractivity contribution in [2.75, 3.05) is 13.1 Å². The van der Waals surface area contributed by atoms with Crippen LogP contribution in [-0.2, 0) is 17.8 Å². The Morgan fingerprint density at radius 3 is 2.96 bits per heavy atom. The Morgan fingerprint density at radius 2 is 2.20 bits per heavy atom. The monoisotopic (exact) mass is 354 g/mol. The molecule has 1 aliphatic heterocycles. The molecule has 4 rings (SSSR count). The van der Waals surface area contributed by atoms with Crippen LogP contribution in [0.3, 0.4) is 0 Å². The van der Waals surface area contributed by atoms with Crippen LogP contribution in [0.25, 0.3) is 11.0 Å². The van der Waals surface area contributed by atoms with Crippen LogP contribution in [0.2, 0.25) is 0 Å². The van der Waals surface area contributed by atoms with Gasteiger partial charge in [-0.1, -0.05) is 0 Å². The number of ketones is 1. The quantitative estimate of drug-likeness (QED) is 0.761. The molecule has 5 nitrogen and oxygen atoms in total. The molecule has 0 bridgehead atoms. The number of fused-ring (bicyclic) bond motifs is 1. The van der Waals surface area contributed by atoms with Gasteiger partial charge in [-0.3, -0.25) is 14.7 Å². The second kappa shape index (κ2) is 7.06. The Bertz CT molecular complexity index is 843. The van der Waals surface area contributed by atoms with Crippen molar-refractivity contribution in [3.8, 4) is 0 Å². The summed E-state index contributed by atoms with van der Waals surface area (Å²) >= 11 is 1.67. The second-order valence-electron chi connectivity index (χ2n) is 6.81. The number of aromatic nitrogens is 3. The molecule has 0 saturated carbocycles. The van der Waals surface area contributed by atoms with E-state index >= 15 is 0 Å². The molecule has 0 amide bonds. The van der Waals surface area contributed by atoms with Gasteiger partial charge in [-0.05, 0) is 51.1 Å². The number of thiazole rings is 1. The zero-order valence-electron chi connectivity index (χ0n) is 14.4. The molecule has 0 aromatic carbocycles. The average Bonchev–Trinajstić information content (AvgIpc) is 3.21. The van der Waals surface area contributed by atoms with Crippen molar-refractivity contribution in [2.24, 2.45) is 0 Å². The molecular formula is C19H22N4OS. The first-order valence-corrected chi connectivity index (χ1v) is 9.58. The highest BCUT2D eigenvalue weighted by atomic mass is 32.1. The highest BCUT2D eigenvalue weighted by Crippen LogP contribution is 2.30. The summed E-state index contributed by atoms with van der Waals surface area (Å²) in [6, 6.07) is 6.26. The molecule has 0 radical (unpaired) electrons. The fraction of sp³-hybridized carbons (Fsp3) is 0.421. The molecule has 3 aromatic heterocycles. The number of nitrogens with zero attached hydrogens (tertiary/aromatic N) is 3. The van der Waals surface area contributed by atoms with Gasteiger partial charge in [0.1, 0.15) is 10.8 Å². The third-order valence-corrected chi connectivity index (χ3v) is 5.80. The lowest BCUT2D eigenvalue weighted by Gasteiger charge is -2.31. The zero-order chi connectivity index (χ0) is 17.2. The summed E-state index contributed by atoms with van der Waals surface area (Å²) in [6.45, 7) is 4.74. The van der Waals surface area contributed by atoms with Crippen molar-refractivity contribution < 1.29 is 4.79 Å². The summed E-state index contributed by atoms with van der Waals surface area (Å²) < 4.78 is 0. The standard InChI is InChI=1S/C19H22N4OS/c1-13(24)9-19-21-11-15(25-19)12-23-7-4-14(5-8-23)17-10-18-16(22-17)3-2-6-20-18/h2-3,6,10-11,14,22H,4-5,7-9,12H2,1H3. The van der Waals surface area contributed by atoms with Crippen LogP contribution in [0.5, 0.6) is 0 Å². The Kier molecular flexibility index (Phi) is 4.63. The number of H-pyrrole nitrogens is 1. The molecule has 1 fully saturated rings. The fourth-order valence-corrected chi connectivity index (χ4v) is 4.57. The third-order valence-electron chi connectivity index (χ3n) is 4.82. The molecule has 0 spiro atoms. The minimum atomic E-state index is 0.175. The molecular weight excluding hydrogens is 332 g/mol. The highest BCUT2D eigenvalue weighted by Gasteiger charge is 2.22. The van der Waals surface area contributed by atoms with E-state index < -0.39 is 0 Å². The minimum Gasteiger partial charge on any atom is -0.357 e. The second-order valence-corrected chi connectivity index (χ2v) is 8.01. The summed E-state index contributed by atoms with van der Waals surface area (Å²) in [7, 11) is 0. The number of likely N-dealkylation sites (tertiary alicyclic amines) is 1. The van der Waals surface area contributed by atoms with Crippen LogP contribution in [0.4, 0.5) is 0 Å². The van der Waals surface area contributed by atoms with Gasteiger partial charge in [0.15, 0.2) is 0 Å². The predicted octanol–water partition coefficient (Wildman–Crippen LogP) is 3.53. The van der Waals surface area contributed by atoms with E-state index in [-0.39, 0.29) is 5.78 Å². The minimum absolute atomic E-state index is 0.175. The molecule has 1 saturated heterocycles. The first-order valence-electron chi connectivity index (χ1n) is 8.76. The van der Waals surface area contributed by atoms with Gasteiger partial charge in [0, 0.05) is 35.4 Å². The van der Waals surface area contributed by atoms with Crippen molar-refractivity contribution >= 4 is 28.2 Å². The number of hydrogen-bond donors (Lipinski definition) is 1. The van der Waals surface area contributed by atoms with Crippen LogP contribution in [0.1, 0.15) is 41.3 Å². The summed E-state index contributed by atoms with van der Waals surface area (Å²) in [5, 5.41) is 0.933. The van der Waals surface area contributed by atoms with E-state index in [9.17, 15) is 4.79 Å². The first kappa shape index (κ1) is 16.4. The number of piperidine rings is 1. The average molecular weight is 354 g/mol. The van der Waals surface area contributed by atoms with Gasteiger partial charge in [-0.2, -0.15) is 0 Å². The smallest absolute Gasteiger partial charge is 0.136 e. The Balaban J connectivity index is 1.35. The lowest BCUT2D eigenvalue weighted by atomic mass is 9.93.